The van der Waals surface area contributed by atoms with Crippen LogP contribution in [0.5, 0.6) is 5.75 Å². The van der Waals surface area contributed by atoms with Gasteiger partial charge in [-0.3, -0.25) is 0 Å². The van der Waals surface area contributed by atoms with Crippen LogP contribution in [-0.2, 0) is 3.07 Å². The van der Waals surface area contributed by atoms with E-state index in [1.807, 2.05) is 70.8 Å². The molecule has 0 aliphatic carbocycles. The molecule has 0 spiro atoms. The Hall–Kier alpha value is -2.31. The number of carbonyl (C=O) groups is 1. The van der Waals surface area contributed by atoms with Gasteiger partial charge in [-0.05, 0) is 0 Å². The van der Waals surface area contributed by atoms with Crippen molar-refractivity contribution in [3.63, 3.8) is 0 Å². The average Bonchev–Trinajstić information content (AvgIpc) is 3.00. The Balaban J connectivity index is 1.73. The van der Waals surface area contributed by atoms with Crippen molar-refractivity contribution in [2.24, 2.45) is 0 Å². The van der Waals surface area contributed by atoms with E-state index >= 15 is 0 Å². The first-order valence-corrected chi connectivity index (χ1v) is 11.5. The number of hydrogen-bond acceptors (Lipinski definition) is 3. The van der Waals surface area contributed by atoms with Crippen LogP contribution in [0.25, 0.3) is 5.76 Å². The minimum atomic E-state index is -2.28. The molecule has 0 atom stereocenters. The molecule has 26 heavy (non-hydrogen) atoms. The molecule has 1 heterocycles. The predicted molar refractivity (Wildman–Crippen MR) is 111 cm³/mol. The van der Waals surface area contributed by atoms with Gasteiger partial charge < -0.3 is 0 Å². The number of fused-ring (bicyclic) bond motifs is 1. The third-order valence-corrected chi connectivity index (χ3v) is 8.09. The van der Waals surface area contributed by atoms with Gasteiger partial charge in [-0.1, -0.05) is 0 Å². The Morgan fingerprint density at radius 3 is 2.38 bits per heavy atom. The number of carbonyl (C=O) groups excluding carboxylic acids is 1. The molecule has 5 heteroatoms. The molecule has 3 aromatic carbocycles. The zero-order valence-electron chi connectivity index (χ0n) is 13.6. The van der Waals surface area contributed by atoms with E-state index in [1.54, 1.807) is 12.1 Å². The fraction of sp³-hybridized carbons (Fsp3) is 0. The minimum absolute atomic E-state index is 0.249. The molecule has 4 rings (SSSR count). The molecule has 3 nitrogen and oxygen atoms in total. The topological polar surface area (TPSA) is 35.5 Å². The van der Waals surface area contributed by atoms with Crippen LogP contribution >= 0.6 is 31.8 Å². The number of halogens is 2. The molecule has 0 N–H and O–H groups in total. The SMILES string of the molecule is O=C1OI(/C=C(\Oc2ccc(Cl)cc2)c2ccccc2)c2ccccc21. The number of hydrogen-bond donors (Lipinski definition) is 0. The van der Waals surface area contributed by atoms with E-state index in [9.17, 15) is 4.79 Å². The third-order valence-electron chi connectivity index (χ3n) is 3.75. The quantitative estimate of drug-likeness (QED) is 0.333. The van der Waals surface area contributed by atoms with Crippen molar-refractivity contribution in [2.45, 2.75) is 0 Å². The molecule has 0 fully saturated rings. The van der Waals surface area contributed by atoms with Crippen molar-refractivity contribution in [1.82, 2.24) is 0 Å². The maximum absolute atomic E-state index is 12.1. The van der Waals surface area contributed by atoms with Gasteiger partial charge in [0.1, 0.15) is 0 Å². The van der Waals surface area contributed by atoms with E-state index in [4.69, 9.17) is 19.4 Å². The van der Waals surface area contributed by atoms with Gasteiger partial charge in [-0.15, -0.1) is 0 Å². The molecule has 3 aromatic rings. The average molecular weight is 477 g/mol. The molecular formula is C21H14ClIO3. The summed E-state index contributed by atoms with van der Waals surface area (Å²) in [5.74, 6) is 1.11. The third kappa shape index (κ3) is 3.61. The van der Waals surface area contributed by atoms with Crippen LogP contribution < -0.4 is 4.74 Å². The first kappa shape index (κ1) is 17.1. The Morgan fingerprint density at radius 2 is 1.62 bits per heavy atom. The summed E-state index contributed by atoms with van der Waals surface area (Å²) in [6.45, 7) is 0. The van der Waals surface area contributed by atoms with E-state index in [2.05, 4.69) is 0 Å². The van der Waals surface area contributed by atoms with E-state index < -0.39 is 20.2 Å². The first-order chi connectivity index (χ1) is 12.7. The number of ether oxygens (including phenoxy) is 1. The van der Waals surface area contributed by atoms with Crippen LogP contribution in [-0.4, -0.2) is 5.97 Å². The first-order valence-electron chi connectivity index (χ1n) is 7.92. The summed E-state index contributed by atoms with van der Waals surface area (Å²) in [5, 5.41) is 0.650. The van der Waals surface area contributed by atoms with E-state index in [0.717, 1.165) is 9.13 Å². The molecule has 0 unspecified atom stereocenters. The normalized spacial score (nSPS) is 14.7. The van der Waals surface area contributed by atoms with Crippen molar-refractivity contribution in [1.29, 1.82) is 0 Å². The van der Waals surface area contributed by atoms with Gasteiger partial charge in [0.25, 0.3) is 0 Å². The zero-order chi connectivity index (χ0) is 17.9. The Morgan fingerprint density at radius 1 is 0.923 bits per heavy atom. The van der Waals surface area contributed by atoms with E-state index in [1.165, 1.54) is 0 Å². The van der Waals surface area contributed by atoms with Gasteiger partial charge in [0, 0.05) is 0 Å². The maximum atomic E-state index is 12.1. The van der Waals surface area contributed by atoms with Crippen LogP contribution in [0.3, 0.4) is 0 Å². The standard InChI is InChI=1S/C21H14ClIO3/c22-16-10-12-17(13-11-16)25-20(15-6-2-1-3-7-15)14-23-19-9-5-4-8-18(19)21(24)26-23/h1-14H/b20-14-. The molecule has 130 valence electrons. The Labute approximate surface area is 164 Å². The van der Waals surface area contributed by atoms with Gasteiger partial charge in [0.05, 0.1) is 0 Å². The fourth-order valence-electron chi connectivity index (χ4n) is 2.50. The second kappa shape index (κ2) is 7.51. The molecule has 1 aliphatic rings. The molecular weight excluding hydrogens is 463 g/mol. The van der Waals surface area contributed by atoms with Crippen LogP contribution in [0.1, 0.15) is 15.9 Å². The van der Waals surface area contributed by atoms with Gasteiger partial charge in [0.2, 0.25) is 0 Å². The molecule has 0 saturated heterocycles. The molecule has 0 radical (unpaired) electrons. The molecule has 0 amide bonds. The van der Waals surface area contributed by atoms with Gasteiger partial charge in [-0.25, -0.2) is 0 Å². The van der Waals surface area contributed by atoms with Gasteiger partial charge in [0.15, 0.2) is 0 Å². The van der Waals surface area contributed by atoms with Crippen LogP contribution in [0, 0.1) is 3.57 Å². The van der Waals surface area contributed by atoms with Crippen molar-refractivity contribution in [2.75, 3.05) is 0 Å². The second-order valence-electron chi connectivity index (χ2n) is 5.52. The zero-order valence-corrected chi connectivity index (χ0v) is 16.5. The molecule has 0 bridgehead atoms. The number of benzene rings is 3. The van der Waals surface area contributed by atoms with Crippen molar-refractivity contribution >= 4 is 43.6 Å². The van der Waals surface area contributed by atoms with Gasteiger partial charge in [-0.2, -0.15) is 0 Å². The Bertz CT molecular complexity index is 968. The summed E-state index contributed by atoms with van der Waals surface area (Å²) in [7, 11) is 0. The Kier molecular flexibility index (Phi) is 4.95. The van der Waals surface area contributed by atoms with E-state index in [-0.39, 0.29) is 5.97 Å². The summed E-state index contributed by atoms with van der Waals surface area (Å²) in [5.41, 5.74) is 1.59. The summed E-state index contributed by atoms with van der Waals surface area (Å²) >= 11 is 3.67. The second-order valence-corrected chi connectivity index (χ2v) is 9.75. The summed E-state index contributed by atoms with van der Waals surface area (Å²) in [6.07, 6.45) is 0. The van der Waals surface area contributed by atoms with Crippen LogP contribution in [0.4, 0.5) is 0 Å². The number of rotatable bonds is 4. The van der Waals surface area contributed by atoms with Crippen molar-refractivity contribution in [3.05, 3.63) is 103 Å². The van der Waals surface area contributed by atoms with Gasteiger partial charge >= 0.3 is 165 Å². The van der Waals surface area contributed by atoms with Crippen molar-refractivity contribution < 1.29 is 12.6 Å². The van der Waals surface area contributed by atoms with Crippen LogP contribution in [0.2, 0.25) is 5.02 Å². The summed E-state index contributed by atoms with van der Waals surface area (Å²) in [6, 6.07) is 24.6. The van der Waals surface area contributed by atoms with Crippen LogP contribution in [0.15, 0.2) is 82.9 Å². The summed E-state index contributed by atoms with van der Waals surface area (Å²) < 4.78 is 14.8. The monoisotopic (exact) mass is 476 g/mol. The fourth-order valence-corrected chi connectivity index (χ4v) is 6.52. The predicted octanol–water partition coefficient (Wildman–Crippen LogP) is 6.18. The molecule has 0 saturated carbocycles. The molecule has 1 aliphatic heterocycles. The molecule has 0 aromatic heterocycles. The summed E-state index contributed by atoms with van der Waals surface area (Å²) in [4.78, 5) is 12.1. The van der Waals surface area contributed by atoms with E-state index in [0.29, 0.717) is 22.1 Å². The van der Waals surface area contributed by atoms with Crippen molar-refractivity contribution in [3.8, 4) is 5.75 Å².